The number of hydrogen-bond acceptors (Lipinski definition) is 4. The molecule has 82 valence electrons. The van der Waals surface area contributed by atoms with Crippen LogP contribution in [0.5, 0.6) is 11.5 Å². The molecule has 0 unspecified atom stereocenters. The second-order valence-electron chi connectivity index (χ2n) is 4.24. The summed E-state index contributed by atoms with van der Waals surface area (Å²) in [7, 11) is 0. The van der Waals surface area contributed by atoms with Crippen LogP contribution in [0.25, 0.3) is 0 Å². The third-order valence-electron chi connectivity index (χ3n) is 2.25. The molecule has 0 aliphatic carbocycles. The number of aliphatic hydroxyl groups excluding tert-OH is 1. The van der Waals surface area contributed by atoms with Gasteiger partial charge in [0.1, 0.15) is 0 Å². The van der Waals surface area contributed by atoms with Gasteiger partial charge in [-0.05, 0) is 26.0 Å². The van der Waals surface area contributed by atoms with Crippen molar-refractivity contribution >= 4 is 5.69 Å². The minimum atomic E-state index is -0.340. The molecule has 1 aliphatic rings. The van der Waals surface area contributed by atoms with Crippen LogP contribution in [0.4, 0.5) is 5.69 Å². The van der Waals surface area contributed by atoms with Crippen LogP contribution in [0.3, 0.4) is 0 Å². The average Bonchev–Trinajstić information content (AvgIpc) is 2.64. The Morgan fingerprint density at radius 3 is 2.80 bits per heavy atom. The predicted molar refractivity (Wildman–Crippen MR) is 57.4 cm³/mol. The predicted octanol–water partition coefficient (Wildman–Crippen LogP) is 1.60. The maximum atomic E-state index is 9.13. The van der Waals surface area contributed by atoms with Gasteiger partial charge in [-0.25, -0.2) is 0 Å². The zero-order valence-corrected chi connectivity index (χ0v) is 8.91. The molecule has 0 saturated heterocycles. The largest absolute Gasteiger partial charge is 0.454 e. The molecule has 0 saturated carbocycles. The Labute approximate surface area is 88.8 Å². The van der Waals surface area contributed by atoms with Gasteiger partial charge in [0.05, 0.1) is 12.1 Å². The van der Waals surface area contributed by atoms with E-state index in [-0.39, 0.29) is 18.9 Å². The molecule has 0 fully saturated rings. The van der Waals surface area contributed by atoms with Crippen LogP contribution in [0.15, 0.2) is 18.2 Å². The summed E-state index contributed by atoms with van der Waals surface area (Å²) in [5, 5.41) is 12.3. The Balaban J connectivity index is 2.17. The van der Waals surface area contributed by atoms with Gasteiger partial charge in [-0.15, -0.1) is 0 Å². The number of aliphatic hydroxyl groups is 1. The van der Waals surface area contributed by atoms with Gasteiger partial charge in [-0.2, -0.15) is 0 Å². The van der Waals surface area contributed by atoms with Gasteiger partial charge in [0.2, 0.25) is 6.79 Å². The molecule has 2 rings (SSSR count). The average molecular weight is 209 g/mol. The summed E-state index contributed by atoms with van der Waals surface area (Å²) in [6.45, 7) is 4.21. The topological polar surface area (TPSA) is 50.7 Å². The Kier molecular flexibility index (Phi) is 2.44. The zero-order valence-electron chi connectivity index (χ0n) is 8.91. The highest BCUT2D eigenvalue weighted by atomic mass is 16.7. The van der Waals surface area contributed by atoms with Crippen molar-refractivity contribution in [2.75, 3.05) is 18.7 Å². The van der Waals surface area contributed by atoms with Crippen molar-refractivity contribution < 1.29 is 14.6 Å². The molecule has 1 aromatic carbocycles. The third-order valence-corrected chi connectivity index (χ3v) is 2.25. The number of benzene rings is 1. The molecule has 0 amide bonds. The van der Waals surface area contributed by atoms with Crippen LogP contribution in [0.1, 0.15) is 13.8 Å². The fourth-order valence-corrected chi connectivity index (χ4v) is 1.40. The maximum Gasteiger partial charge on any atom is 0.231 e. The summed E-state index contributed by atoms with van der Waals surface area (Å²) in [5.74, 6) is 1.51. The normalized spacial score (nSPS) is 14.1. The first-order valence-corrected chi connectivity index (χ1v) is 4.89. The highest BCUT2D eigenvalue weighted by molar-refractivity contribution is 5.56. The molecule has 0 bridgehead atoms. The summed E-state index contributed by atoms with van der Waals surface area (Å²) in [6.07, 6.45) is 0. The third kappa shape index (κ3) is 2.15. The second-order valence-corrected chi connectivity index (χ2v) is 4.24. The molecular formula is C11H15NO3. The molecule has 4 nitrogen and oxygen atoms in total. The molecule has 0 spiro atoms. The van der Waals surface area contributed by atoms with Crippen LogP contribution in [-0.2, 0) is 0 Å². The first kappa shape index (κ1) is 10.1. The number of hydrogen-bond donors (Lipinski definition) is 2. The smallest absolute Gasteiger partial charge is 0.231 e. The van der Waals surface area contributed by atoms with Gasteiger partial charge < -0.3 is 19.9 Å². The van der Waals surface area contributed by atoms with Gasteiger partial charge in [-0.3, -0.25) is 0 Å². The van der Waals surface area contributed by atoms with Crippen LogP contribution in [-0.4, -0.2) is 24.0 Å². The van der Waals surface area contributed by atoms with E-state index < -0.39 is 0 Å². The number of ether oxygens (including phenoxy) is 2. The first-order valence-electron chi connectivity index (χ1n) is 4.89. The van der Waals surface area contributed by atoms with Gasteiger partial charge in [0.25, 0.3) is 0 Å². The summed E-state index contributed by atoms with van der Waals surface area (Å²) < 4.78 is 10.5. The van der Waals surface area contributed by atoms with Gasteiger partial charge in [-0.1, -0.05) is 0 Å². The summed E-state index contributed by atoms with van der Waals surface area (Å²) >= 11 is 0. The highest BCUT2D eigenvalue weighted by Gasteiger charge is 2.18. The van der Waals surface area contributed by atoms with E-state index >= 15 is 0 Å². The number of rotatable bonds is 3. The van der Waals surface area contributed by atoms with Gasteiger partial charge in [0.15, 0.2) is 11.5 Å². The zero-order chi connectivity index (χ0) is 10.9. The van der Waals surface area contributed by atoms with Crippen molar-refractivity contribution in [2.45, 2.75) is 19.4 Å². The number of anilines is 1. The summed E-state index contributed by atoms with van der Waals surface area (Å²) in [4.78, 5) is 0. The molecule has 0 radical (unpaired) electrons. The van der Waals surface area contributed by atoms with E-state index in [0.29, 0.717) is 0 Å². The summed E-state index contributed by atoms with van der Waals surface area (Å²) in [5.41, 5.74) is 0.576. The molecule has 1 heterocycles. The van der Waals surface area contributed by atoms with Crippen molar-refractivity contribution in [3.8, 4) is 11.5 Å². The lowest BCUT2D eigenvalue weighted by Crippen LogP contribution is -2.34. The van der Waals surface area contributed by atoms with E-state index in [0.717, 1.165) is 17.2 Å². The van der Waals surface area contributed by atoms with E-state index in [9.17, 15) is 0 Å². The molecule has 1 aliphatic heterocycles. The van der Waals surface area contributed by atoms with Crippen LogP contribution >= 0.6 is 0 Å². The minimum Gasteiger partial charge on any atom is -0.454 e. The number of fused-ring (bicyclic) bond motifs is 1. The van der Waals surface area contributed by atoms with E-state index in [2.05, 4.69) is 5.32 Å². The van der Waals surface area contributed by atoms with Crippen molar-refractivity contribution in [3.05, 3.63) is 18.2 Å². The molecule has 0 atom stereocenters. The Hall–Kier alpha value is -1.42. The van der Waals surface area contributed by atoms with Crippen LogP contribution < -0.4 is 14.8 Å². The Morgan fingerprint density at radius 2 is 2.07 bits per heavy atom. The minimum absolute atomic E-state index is 0.0709. The van der Waals surface area contributed by atoms with E-state index in [1.165, 1.54) is 0 Å². The standard InChI is InChI=1S/C11H15NO3/c1-11(2,6-13)12-8-3-4-9-10(5-8)15-7-14-9/h3-5,12-13H,6-7H2,1-2H3. The van der Waals surface area contributed by atoms with Crippen LogP contribution in [0, 0.1) is 0 Å². The quantitative estimate of drug-likeness (QED) is 0.793. The lowest BCUT2D eigenvalue weighted by Gasteiger charge is -2.24. The van der Waals surface area contributed by atoms with Crippen molar-refractivity contribution in [3.63, 3.8) is 0 Å². The maximum absolute atomic E-state index is 9.13. The monoisotopic (exact) mass is 209 g/mol. The van der Waals surface area contributed by atoms with Crippen molar-refractivity contribution in [2.24, 2.45) is 0 Å². The van der Waals surface area contributed by atoms with E-state index in [1.807, 2.05) is 32.0 Å². The van der Waals surface area contributed by atoms with Gasteiger partial charge >= 0.3 is 0 Å². The van der Waals surface area contributed by atoms with Crippen molar-refractivity contribution in [1.82, 2.24) is 0 Å². The first-order chi connectivity index (χ1) is 7.11. The second kappa shape index (κ2) is 3.62. The molecular weight excluding hydrogens is 194 g/mol. The molecule has 2 N–H and O–H groups in total. The highest BCUT2D eigenvalue weighted by Crippen LogP contribution is 2.34. The van der Waals surface area contributed by atoms with E-state index in [1.54, 1.807) is 0 Å². The lowest BCUT2D eigenvalue weighted by atomic mass is 10.1. The Morgan fingerprint density at radius 1 is 1.33 bits per heavy atom. The SMILES string of the molecule is CC(C)(CO)Nc1ccc2c(c1)OCO2. The van der Waals surface area contributed by atoms with Gasteiger partial charge in [0, 0.05) is 11.8 Å². The lowest BCUT2D eigenvalue weighted by molar-refractivity contribution is 0.174. The number of nitrogens with one attached hydrogen (secondary N) is 1. The van der Waals surface area contributed by atoms with Crippen molar-refractivity contribution in [1.29, 1.82) is 0 Å². The molecule has 0 aromatic heterocycles. The Bertz CT molecular complexity index is 363. The fraction of sp³-hybridized carbons (Fsp3) is 0.455. The van der Waals surface area contributed by atoms with E-state index in [4.69, 9.17) is 14.6 Å². The molecule has 4 heteroatoms. The van der Waals surface area contributed by atoms with Crippen LogP contribution in [0.2, 0.25) is 0 Å². The summed E-state index contributed by atoms with van der Waals surface area (Å²) in [6, 6.07) is 5.64. The molecule has 1 aromatic rings. The fourth-order valence-electron chi connectivity index (χ4n) is 1.40. The molecule has 15 heavy (non-hydrogen) atoms.